The average molecular weight is 589 g/mol. The smallest absolute Gasteiger partial charge is 0.407 e. The standard InChI is InChI=1S/C36H32N2O6/c1-23(37-36(42)44-22-32-30-9-5-3-7-28(30)29-8-4-6-10-31(29)32)33(35(41)43-2)38-34(40)27-19-17-25(18-20-27)12-11-24-13-15-26(21-39)16-14-24/h3-10,13-20,23,32-33,39H,21-22H2,1-2H3,(H,37,42)(H,38,40). The van der Waals surface area contributed by atoms with Gasteiger partial charge in [-0.05, 0) is 71.1 Å². The van der Waals surface area contributed by atoms with Crippen LogP contribution in [0.3, 0.4) is 0 Å². The number of carbonyl (C=O) groups is 3. The molecule has 0 aromatic heterocycles. The molecular weight excluding hydrogens is 556 g/mol. The number of aliphatic hydroxyl groups is 1. The van der Waals surface area contributed by atoms with Gasteiger partial charge in [-0.3, -0.25) is 4.79 Å². The fourth-order valence-electron chi connectivity index (χ4n) is 5.19. The van der Waals surface area contributed by atoms with Crippen molar-refractivity contribution >= 4 is 18.0 Å². The number of methoxy groups -OCH3 is 1. The summed E-state index contributed by atoms with van der Waals surface area (Å²) in [5.41, 5.74) is 7.01. The Bertz CT molecular complexity index is 1670. The predicted molar refractivity (Wildman–Crippen MR) is 166 cm³/mol. The normalized spacial score (nSPS) is 12.9. The topological polar surface area (TPSA) is 114 Å². The predicted octanol–water partition coefficient (Wildman–Crippen LogP) is 4.78. The van der Waals surface area contributed by atoms with Crippen LogP contribution in [-0.4, -0.2) is 48.9 Å². The van der Waals surface area contributed by atoms with E-state index in [1.165, 1.54) is 7.11 Å². The second kappa shape index (κ2) is 13.7. The highest BCUT2D eigenvalue weighted by molar-refractivity contribution is 5.97. The van der Waals surface area contributed by atoms with Gasteiger partial charge in [-0.15, -0.1) is 0 Å². The molecule has 0 spiro atoms. The molecule has 0 aliphatic heterocycles. The molecule has 2 unspecified atom stereocenters. The summed E-state index contributed by atoms with van der Waals surface area (Å²) in [5.74, 6) is 4.74. The summed E-state index contributed by atoms with van der Waals surface area (Å²) in [6.45, 7) is 1.68. The summed E-state index contributed by atoms with van der Waals surface area (Å²) in [6.07, 6.45) is -0.712. The van der Waals surface area contributed by atoms with Crippen LogP contribution in [0.5, 0.6) is 0 Å². The van der Waals surface area contributed by atoms with E-state index < -0.39 is 30.1 Å². The zero-order valence-corrected chi connectivity index (χ0v) is 24.4. The van der Waals surface area contributed by atoms with E-state index in [9.17, 15) is 14.4 Å². The molecule has 44 heavy (non-hydrogen) atoms. The number of aliphatic hydroxyl groups excluding tert-OH is 1. The Kier molecular flexibility index (Phi) is 9.38. The van der Waals surface area contributed by atoms with Gasteiger partial charge >= 0.3 is 12.1 Å². The number of benzene rings is 4. The minimum atomic E-state index is -1.16. The maximum absolute atomic E-state index is 13.0. The van der Waals surface area contributed by atoms with Crippen molar-refractivity contribution in [1.82, 2.24) is 10.6 Å². The highest BCUT2D eigenvalue weighted by Gasteiger charge is 2.32. The van der Waals surface area contributed by atoms with Gasteiger partial charge in [-0.1, -0.05) is 72.5 Å². The number of hydrogen-bond donors (Lipinski definition) is 3. The molecule has 2 amide bonds. The summed E-state index contributed by atoms with van der Waals surface area (Å²) < 4.78 is 10.5. The van der Waals surface area contributed by atoms with E-state index >= 15 is 0 Å². The third kappa shape index (κ3) is 6.80. The van der Waals surface area contributed by atoms with Gasteiger partial charge < -0.3 is 25.2 Å². The third-order valence-electron chi connectivity index (χ3n) is 7.57. The first-order valence-corrected chi connectivity index (χ1v) is 14.2. The van der Waals surface area contributed by atoms with Crippen molar-refractivity contribution < 1.29 is 29.0 Å². The summed E-state index contributed by atoms with van der Waals surface area (Å²) in [7, 11) is 1.21. The summed E-state index contributed by atoms with van der Waals surface area (Å²) in [4.78, 5) is 38.4. The molecule has 8 heteroatoms. The fourth-order valence-corrected chi connectivity index (χ4v) is 5.19. The van der Waals surface area contributed by atoms with Gasteiger partial charge in [-0.25, -0.2) is 9.59 Å². The molecule has 0 fully saturated rings. The molecule has 0 heterocycles. The quantitative estimate of drug-likeness (QED) is 0.202. The van der Waals surface area contributed by atoms with Gasteiger partial charge in [0.25, 0.3) is 5.91 Å². The minimum Gasteiger partial charge on any atom is -0.467 e. The lowest BCUT2D eigenvalue weighted by Gasteiger charge is -2.24. The Morgan fingerprint density at radius 1 is 0.795 bits per heavy atom. The van der Waals surface area contributed by atoms with Crippen molar-refractivity contribution in [3.8, 4) is 23.0 Å². The van der Waals surface area contributed by atoms with E-state index in [0.29, 0.717) is 11.1 Å². The van der Waals surface area contributed by atoms with Gasteiger partial charge in [0, 0.05) is 22.6 Å². The fraction of sp³-hybridized carbons (Fsp3) is 0.194. The van der Waals surface area contributed by atoms with Gasteiger partial charge in [0.05, 0.1) is 19.8 Å². The van der Waals surface area contributed by atoms with Crippen LogP contribution >= 0.6 is 0 Å². The Balaban J connectivity index is 1.19. The molecule has 8 nitrogen and oxygen atoms in total. The SMILES string of the molecule is COC(=O)C(NC(=O)c1ccc(C#Cc2ccc(CO)cc2)cc1)C(C)NC(=O)OCC1c2ccccc2-c2ccccc21. The number of ether oxygens (including phenoxy) is 2. The van der Waals surface area contributed by atoms with E-state index in [4.69, 9.17) is 14.6 Å². The molecule has 0 saturated heterocycles. The molecule has 4 aromatic rings. The lowest BCUT2D eigenvalue weighted by atomic mass is 9.98. The Morgan fingerprint density at radius 2 is 1.34 bits per heavy atom. The lowest BCUT2D eigenvalue weighted by Crippen LogP contribution is -2.54. The maximum Gasteiger partial charge on any atom is 0.407 e. The molecule has 3 N–H and O–H groups in total. The number of carbonyl (C=O) groups excluding carboxylic acids is 3. The first-order chi connectivity index (χ1) is 21.4. The van der Waals surface area contributed by atoms with E-state index in [1.54, 1.807) is 43.3 Å². The second-order valence-electron chi connectivity index (χ2n) is 10.4. The Labute approximate surface area is 256 Å². The third-order valence-corrected chi connectivity index (χ3v) is 7.57. The summed E-state index contributed by atoms with van der Waals surface area (Å²) in [6, 6.07) is 28.0. The number of amides is 2. The zero-order chi connectivity index (χ0) is 31.1. The first kappa shape index (κ1) is 30.1. The van der Waals surface area contributed by atoms with Crippen LogP contribution in [0.15, 0.2) is 97.1 Å². The number of rotatable bonds is 8. The molecule has 0 bridgehead atoms. The van der Waals surface area contributed by atoms with Crippen LogP contribution in [0.25, 0.3) is 11.1 Å². The molecule has 222 valence electrons. The monoisotopic (exact) mass is 588 g/mol. The molecular formula is C36H32N2O6. The van der Waals surface area contributed by atoms with Gasteiger partial charge in [0.1, 0.15) is 12.6 Å². The van der Waals surface area contributed by atoms with Crippen LogP contribution < -0.4 is 10.6 Å². The van der Waals surface area contributed by atoms with Gasteiger partial charge in [0.2, 0.25) is 0 Å². The number of alkyl carbamates (subject to hydrolysis) is 1. The molecule has 4 aromatic carbocycles. The average Bonchev–Trinajstić information content (AvgIpc) is 3.38. The number of nitrogens with one attached hydrogen (secondary N) is 2. The van der Waals surface area contributed by atoms with E-state index in [0.717, 1.165) is 33.4 Å². The van der Waals surface area contributed by atoms with Crippen molar-refractivity contribution in [2.24, 2.45) is 0 Å². The number of esters is 1. The van der Waals surface area contributed by atoms with Crippen LogP contribution in [0.4, 0.5) is 4.79 Å². The van der Waals surface area contributed by atoms with Crippen LogP contribution in [0.2, 0.25) is 0 Å². The molecule has 5 rings (SSSR count). The second-order valence-corrected chi connectivity index (χ2v) is 10.4. The van der Waals surface area contributed by atoms with Crippen LogP contribution in [0, 0.1) is 11.8 Å². The summed E-state index contributed by atoms with van der Waals surface area (Å²) in [5, 5.41) is 14.5. The Morgan fingerprint density at radius 3 is 1.89 bits per heavy atom. The van der Waals surface area contributed by atoms with Gasteiger partial charge in [-0.2, -0.15) is 0 Å². The van der Waals surface area contributed by atoms with Crippen molar-refractivity contribution in [3.63, 3.8) is 0 Å². The van der Waals surface area contributed by atoms with Crippen LogP contribution in [0.1, 0.15) is 51.0 Å². The van der Waals surface area contributed by atoms with E-state index in [-0.39, 0.29) is 19.1 Å². The molecule has 0 saturated carbocycles. The Hall–Kier alpha value is -5.39. The van der Waals surface area contributed by atoms with Crippen molar-refractivity contribution in [2.75, 3.05) is 13.7 Å². The highest BCUT2D eigenvalue weighted by atomic mass is 16.5. The molecule has 1 aliphatic carbocycles. The van der Waals surface area contributed by atoms with E-state index in [1.807, 2.05) is 48.5 Å². The van der Waals surface area contributed by atoms with Crippen molar-refractivity contribution in [2.45, 2.75) is 31.5 Å². The van der Waals surface area contributed by atoms with Gasteiger partial charge in [0.15, 0.2) is 0 Å². The molecule has 0 radical (unpaired) electrons. The number of hydrogen-bond acceptors (Lipinski definition) is 6. The van der Waals surface area contributed by atoms with E-state index in [2.05, 4.69) is 34.6 Å². The zero-order valence-electron chi connectivity index (χ0n) is 24.4. The van der Waals surface area contributed by atoms with Crippen LogP contribution in [-0.2, 0) is 20.9 Å². The van der Waals surface area contributed by atoms with Crippen molar-refractivity contribution in [3.05, 3.63) is 130 Å². The largest absolute Gasteiger partial charge is 0.467 e. The minimum absolute atomic E-state index is 0.0294. The van der Waals surface area contributed by atoms with Crippen molar-refractivity contribution in [1.29, 1.82) is 0 Å². The molecule has 2 atom stereocenters. The first-order valence-electron chi connectivity index (χ1n) is 14.2. The summed E-state index contributed by atoms with van der Waals surface area (Å²) >= 11 is 0. The lowest BCUT2D eigenvalue weighted by molar-refractivity contribution is -0.143. The maximum atomic E-state index is 13.0. The molecule has 1 aliphatic rings. The highest BCUT2D eigenvalue weighted by Crippen LogP contribution is 2.44. The number of fused-ring (bicyclic) bond motifs is 3.